The molecule has 1 N–H and O–H groups in total. The van der Waals surface area contributed by atoms with E-state index >= 15 is 0 Å². The second-order valence-corrected chi connectivity index (χ2v) is 7.53. The first-order chi connectivity index (χ1) is 9.45. The first-order valence-corrected chi connectivity index (χ1v) is 8.72. The van der Waals surface area contributed by atoms with E-state index in [-0.39, 0.29) is 6.04 Å². The van der Waals surface area contributed by atoms with E-state index in [9.17, 15) is 8.42 Å². The lowest BCUT2D eigenvalue weighted by atomic mass is 9.99. The predicted octanol–water partition coefficient (Wildman–Crippen LogP) is 2.18. The zero-order valence-corrected chi connectivity index (χ0v) is 13.3. The van der Waals surface area contributed by atoms with E-state index in [4.69, 9.17) is 0 Å². The molecular weight excluding hydrogens is 272 g/mol. The minimum atomic E-state index is -3.35. The van der Waals surface area contributed by atoms with Gasteiger partial charge in [0.1, 0.15) is 0 Å². The van der Waals surface area contributed by atoms with E-state index in [1.54, 1.807) is 16.4 Å². The summed E-state index contributed by atoms with van der Waals surface area (Å²) in [5.41, 5.74) is 1.19. The highest BCUT2D eigenvalue weighted by atomic mass is 32.2. The molecule has 0 aliphatic carbocycles. The van der Waals surface area contributed by atoms with Crippen molar-refractivity contribution in [2.24, 2.45) is 0 Å². The van der Waals surface area contributed by atoms with E-state index in [0.29, 0.717) is 30.4 Å². The molecule has 2 unspecified atom stereocenters. The molecule has 0 aromatic heterocycles. The van der Waals surface area contributed by atoms with Gasteiger partial charge >= 0.3 is 0 Å². The zero-order chi connectivity index (χ0) is 14.8. The highest BCUT2D eigenvalue weighted by molar-refractivity contribution is 7.89. The molecule has 1 aliphatic heterocycles. The standard InChI is InChI=1S/C15H24N2O2S/c1-4-12(2)14-5-7-15(8-6-14)20(18,19)17-10-9-16-13(3)11-17/h5-8,12-13,16H,4,9-11H2,1-3H3. The molecule has 112 valence electrons. The van der Waals surface area contributed by atoms with Crippen LogP contribution in [-0.2, 0) is 10.0 Å². The molecule has 2 atom stereocenters. The average Bonchev–Trinajstić information content (AvgIpc) is 2.46. The smallest absolute Gasteiger partial charge is 0.243 e. The highest BCUT2D eigenvalue weighted by Crippen LogP contribution is 2.22. The van der Waals surface area contributed by atoms with Crippen molar-refractivity contribution >= 4 is 10.0 Å². The van der Waals surface area contributed by atoms with Gasteiger partial charge in [-0.3, -0.25) is 0 Å². The number of sulfonamides is 1. The highest BCUT2D eigenvalue weighted by Gasteiger charge is 2.28. The molecule has 0 amide bonds. The van der Waals surface area contributed by atoms with Crippen LogP contribution in [0.25, 0.3) is 0 Å². The Hall–Kier alpha value is -0.910. The summed E-state index contributed by atoms with van der Waals surface area (Å²) in [6.07, 6.45) is 1.06. The second-order valence-electron chi connectivity index (χ2n) is 5.60. The summed E-state index contributed by atoms with van der Waals surface area (Å²) in [6, 6.07) is 7.56. The van der Waals surface area contributed by atoms with Gasteiger partial charge in [0.25, 0.3) is 0 Å². The quantitative estimate of drug-likeness (QED) is 0.926. The number of nitrogens with one attached hydrogen (secondary N) is 1. The van der Waals surface area contributed by atoms with E-state index in [0.717, 1.165) is 6.42 Å². The first-order valence-electron chi connectivity index (χ1n) is 7.28. The Kier molecular flexibility index (Phi) is 4.83. The summed E-state index contributed by atoms with van der Waals surface area (Å²) in [5, 5.41) is 3.26. The van der Waals surface area contributed by atoms with Crippen LogP contribution >= 0.6 is 0 Å². The molecule has 1 heterocycles. The van der Waals surface area contributed by atoms with Crippen LogP contribution < -0.4 is 5.32 Å². The van der Waals surface area contributed by atoms with Gasteiger partial charge in [0.2, 0.25) is 10.0 Å². The van der Waals surface area contributed by atoms with Crippen LogP contribution in [0.2, 0.25) is 0 Å². The molecular formula is C15H24N2O2S. The molecule has 20 heavy (non-hydrogen) atoms. The van der Waals surface area contributed by atoms with E-state index in [1.165, 1.54) is 5.56 Å². The fraction of sp³-hybridized carbons (Fsp3) is 0.600. The maximum absolute atomic E-state index is 12.6. The van der Waals surface area contributed by atoms with Gasteiger partial charge in [-0.15, -0.1) is 0 Å². The lowest BCUT2D eigenvalue weighted by molar-refractivity contribution is 0.310. The molecule has 2 rings (SSSR count). The summed E-state index contributed by atoms with van der Waals surface area (Å²) in [5.74, 6) is 0.464. The minimum absolute atomic E-state index is 0.206. The Balaban J connectivity index is 2.21. The molecule has 1 aromatic carbocycles. The van der Waals surface area contributed by atoms with E-state index in [2.05, 4.69) is 19.2 Å². The largest absolute Gasteiger partial charge is 0.312 e. The van der Waals surface area contributed by atoms with Crippen LogP contribution in [0.5, 0.6) is 0 Å². The lowest BCUT2D eigenvalue weighted by Gasteiger charge is -2.31. The van der Waals surface area contributed by atoms with Crippen molar-refractivity contribution < 1.29 is 8.42 Å². The summed E-state index contributed by atoms with van der Waals surface area (Å²) in [7, 11) is -3.35. The normalized spacial score (nSPS) is 22.6. The van der Waals surface area contributed by atoms with Gasteiger partial charge in [0.05, 0.1) is 4.90 Å². The van der Waals surface area contributed by atoms with Crippen LogP contribution in [0.3, 0.4) is 0 Å². The third-order valence-electron chi connectivity index (χ3n) is 4.03. The molecule has 1 fully saturated rings. The number of benzene rings is 1. The molecule has 1 saturated heterocycles. The molecule has 1 aromatic rings. The van der Waals surface area contributed by atoms with E-state index in [1.807, 2.05) is 19.1 Å². The Morgan fingerprint density at radius 2 is 2.00 bits per heavy atom. The van der Waals surface area contributed by atoms with Gasteiger partial charge in [-0.1, -0.05) is 26.0 Å². The van der Waals surface area contributed by atoms with Crippen molar-refractivity contribution in [3.63, 3.8) is 0 Å². The van der Waals surface area contributed by atoms with Crippen LogP contribution in [0.15, 0.2) is 29.2 Å². The lowest BCUT2D eigenvalue weighted by Crippen LogP contribution is -2.51. The maximum Gasteiger partial charge on any atom is 0.243 e. The molecule has 0 saturated carbocycles. The van der Waals surface area contributed by atoms with Crippen LogP contribution in [0.4, 0.5) is 0 Å². The Morgan fingerprint density at radius 1 is 1.35 bits per heavy atom. The number of hydrogen-bond donors (Lipinski definition) is 1. The van der Waals surface area contributed by atoms with Crippen molar-refractivity contribution in [3.05, 3.63) is 29.8 Å². The number of rotatable bonds is 4. The molecule has 5 heteroatoms. The minimum Gasteiger partial charge on any atom is -0.312 e. The molecule has 0 radical (unpaired) electrons. The van der Waals surface area contributed by atoms with Gasteiger partial charge in [-0.05, 0) is 37.0 Å². The molecule has 1 aliphatic rings. The number of hydrogen-bond acceptors (Lipinski definition) is 3. The third kappa shape index (κ3) is 3.22. The third-order valence-corrected chi connectivity index (χ3v) is 5.91. The van der Waals surface area contributed by atoms with Crippen molar-refractivity contribution in [1.82, 2.24) is 9.62 Å². The van der Waals surface area contributed by atoms with Crippen molar-refractivity contribution in [1.29, 1.82) is 0 Å². The summed E-state index contributed by atoms with van der Waals surface area (Å²) < 4.78 is 26.7. The SMILES string of the molecule is CCC(C)c1ccc(S(=O)(=O)N2CCNC(C)C2)cc1. The van der Waals surface area contributed by atoms with Gasteiger partial charge in [0.15, 0.2) is 0 Å². The van der Waals surface area contributed by atoms with Gasteiger partial charge < -0.3 is 5.32 Å². The molecule has 0 bridgehead atoms. The first kappa shape index (κ1) is 15.5. The zero-order valence-electron chi connectivity index (χ0n) is 12.5. The van der Waals surface area contributed by atoms with Crippen molar-refractivity contribution in [3.8, 4) is 0 Å². The monoisotopic (exact) mass is 296 g/mol. The Bertz CT molecular complexity index is 539. The van der Waals surface area contributed by atoms with Crippen LogP contribution in [0, 0.1) is 0 Å². The molecule has 4 nitrogen and oxygen atoms in total. The van der Waals surface area contributed by atoms with E-state index < -0.39 is 10.0 Å². The fourth-order valence-electron chi connectivity index (χ4n) is 2.47. The summed E-state index contributed by atoms with van der Waals surface area (Å²) in [6.45, 7) is 8.09. The number of piperazine rings is 1. The second kappa shape index (κ2) is 6.24. The molecule has 0 spiro atoms. The van der Waals surface area contributed by atoms with Gasteiger partial charge in [-0.25, -0.2) is 8.42 Å². The van der Waals surface area contributed by atoms with Crippen molar-refractivity contribution in [2.75, 3.05) is 19.6 Å². The number of nitrogens with zero attached hydrogens (tertiary/aromatic N) is 1. The van der Waals surface area contributed by atoms with Crippen LogP contribution in [-0.4, -0.2) is 38.4 Å². The van der Waals surface area contributed by atoms with Crippen molar-refractivity contribution in [2.45, 2.75) is 44.0 Å². The summed E-state index contributed by atoms with van der Waals surface area (Å²) in [4.78, 5) is 0.402. The van der Waals surface area contributed by atoms with Gasteiger partial charge in [0, 0.05) is 25.7 Å². The fourth-order valence-corrected chi connectivity index (χ4v) is 4.00. The van der Waals surface area contributed by atoms with Crippen LogP contribution in [0.1, 0.15) is 38.7 Å². The van der Waals surface area contributed by atoms with Gasteiger partial charge in [-0.2, -0.15) is 4.31 Å². The average molecular weight is 296 g/mol. The topological polar surface area (TPSA) is 49.4 Å². The Morgan fingerprint density at radius 3 is 2.55 bits per heavy atom. The summed E-state index contributed by atoms with van der Waals surface area (Å²) >= 11 is 0. The predicted molar refractivity (Wildman–Crippen MR) is 81.4 cm³/mol. The maximum atomic E-state index is 12.6. The Labute approximate surface area is 122 Å².